The Morgan fingerprint density at radius 1 is 1.36 bits per heavy atom. The van der Waals surface area contributed by atoms with E-state index in [-0.39, 0.29) is 11.9 Å². The molecule has 1 fully saturated rings. The second-order valence-corrected chi connectivity index (χ2v) is 6.93. The first kappa shape index (κ1) is 15.2. The van der Waals surface area contributed by atoms with Gasteiger partial charge in [0.05, 0.1) is 6.04 Å². The molecule has 2 heterocycles. The summed E-state index contributed by atoms with van der Waals surface area (Å²) in [5.74, 6) is -1.11. The summed E-state index contributed by atoms with van der Waals surface area (Å²) in [5.41, 5.74) is 0.553. The highest BCUT2D eigenvalue weighted by Crippen LogP contribution is 2.38. The third-order valence-corrected chi connectivity index (χ3v) is 5.19. The zero-order chi connectivity index (χ0) is 15.7. The molecule has 5 heteroatoms. The molecule has 2 aromatic rings. The topological polar surface area (TPSA) is 40.5 Å². The Bertz CT molecular complexity index is 685. The number of nitrogens with zero attached hydrogens (tertiary/aromatic N) is 1. The van der Waals surface area contributed by atoms with Gasteiger partial charge in [-0.2, -0.15) is 0 Å². The molecule has 0 saturated carbocycles. The molecule has 1 aromatic heterocycles. The van der Waals surface area contributed by atoms with Gasteiger partial charge in [-0.05, 0) is 38.0 Å². The summed E-state index contributed by atoms with van der Waals surface area (Å²) in [4.78, 5) is 15.6. The molecular formula is C17H18FNO2S. The van der Waals surface area contributed by atoms with Crippen LogP contribution >= 0.6 is 11.3 Å². The molecule has 116 valence electrons. The van der Waals surface area contributed by atoms with Crippen LogP contribution in [0.3, 0.4) is 0 Å². The Morgan fingerprint density at radius 2 is 2.14 bits per heavy atom. The minimum atomic E-state index is -0.827. The number of carbonyl (C=O) groups is 1. The third kappa shape index (κ3) is 2.78. The van der Waals surface area contributed by atoms with Gasteiger partial charge in [-0.3, -0.25) is 9.69 Å². The van der Waals surface area contributed by atoms with Gasteiger partial charge in [0.1, 0.15) is 11.9 Å². The quantitative estimate of drug-likeness (QED) is 0.931. The third-order valence-electron chi connectivity index (χ3n) is 4.14. The fourth-order valence-corrected chi connectivity index (χ4v) is 4.17. The van der Waals surface area contributed by atoms with Crippen LogP contribution in [0.2, 0.25) is 0 Å². The highest BCUT2D eigenvalue weighted by atomic mass is 32.1. The first-order valence-corrected chi connectivity index (χ1v) is 8.19. The Labute approximate surface area is 133 Å². The van der Waals surface area contributed by atoms with Crippen LogP contribution in [0.15, 0.2) is 36.4 Å². The molecule has 2 unspecified atom stereocenters. The van der Waals surface area contributed by atoms with Crippen LogP contribution in [0.1, 0.15) is 34.2 Å². The smallest absolute Gasteiger partial charge is 0.320 e. The zero-order valence-corrected chi connectivity index (χ0v) is 13.1. The second-order valence-electron chi connectivity index (χ2n) is 5.61. The minimum absolute atomic E-state index is 0.283. The van der Waals surface area contributed by atoms with E-state index in [1.165, 1.54) is 6.07 Å². The number of hydrogen-bond donors (Lipinski definition) is 1. The van der Waals surface area contributed by atoms with Gasteiger partial charge in [-0.1, -0.05) is 18.2 Å². The number of aryl methyl sites for hydroxylation is 1. The van der Waals surface area contributed by atoms with Gasteiger partial charge >= 0.3 is 5.97 Å². The summed E-state index contributed by atoms with van der Waals surface area (Å²) in [5, 5.41) is 9.47. The first-order chi connectivity index (χ1) is 10.6. The van der Waals surface area contributed by atoms with Gasteiger partial charge < -0.3 is 5.11 Å². The van der Waals surface area contributed by atoms with E-state index in [0.29, 0.717) is 18.5 Å². The summed E-state index contributed by atoms with van der Waals surface area (Å²) in [6.45, 7) is 2.68. The normalized spacial score (nSPS) is 20.2. The maximum Gasteiger partial charge on any atom is 0.320 e. The largest absolute Gasteiger partial charge is 0.480 e. The lowest BCUT2D eigenvalue weighted by molar-refractivity contribution is -0.142. The number of halogens is 1. The lowest BCUT2D eigenvalue weighted by Crippen LogP contribution is -2.39. The number of carboxylic acid groups (broad SMARTS) is 1. The number of thiophene rings is 1. The van der Waals surface area contributed by atoms with Crippen LogP contribution in [0.4, 0.5) is 4.39 Å². The Balaban J connectivity index is 2.07. The van der Waals surface area contributed by atoms with Gasteiger partial charge in [0.15, 0.2) is 0 Å². The van der Waals surface area contributed by atoms with E-state index in [4.69, 9.17) is 0 Å². The molecule has 3 rings (SSSR count). The van der Waals surface area contributed by atoms with Gasteiger partial charge in [0.2, 0.25) is 0 Å². The molecule has 0 aliphatic carbocycles. The van der Waals surface area contributed by atoms with E-state index in [1.807, 2.05) is 24.0 Å². The summed E-state index contributed by atoms with van der Waals surface area (Å²) >= 11 is 1.60. The molecule has 1 saturated heterocycles. The summed E-state index contributed by atoms with van der Waals surface area (Å²) < 4.78 is 14.3. The molecule has 1 aliphatic heterocycles. The van der Waals surface area contributed by atoms with Crippen LogP contribution in [0.25, 0.3) is 0 Å². The predicted molar refractivity (Wildman–Crippen MR) is 84.7 cm³/mol. The van der Waals surface area contributed by atoms with Crippen LogP contribution in [-0.2, 0) is 4.79 Å². The maximum atomic E-state index is 14.3. The predicted octanol–water partition coefficient (Wildman–Crippen LogP) is 3.83. The monoisotopic (exact) mass is 319 g/mol. The Kier molecular flexibility index (Phi) is 4.27. The van der Waals surface area contributed by atoms with E-state index in [9.17, 15) is 14.3 Å². The first-order valence-electron chi connectivity index (χ1n) is 7.37. The second kappa shape index (κ2) is 6.18. The number of benzene rings is 1. The minimum Gasteiger partial charge on any atom is -0.480 e. The summed E-state index contributed by atoms with van der Waals surface area (Å²) in [6, 6.07) is 9.76. The number of carboxylic acids is 1. The number of likely N-dealkylation sites (tertiary alicyclic amines) is 1. The van der Waals surface area contributed by atoms with E-state index < -0.39 is 12.0 Å². The van der Waals surface area contributed by atoms with E-state index in [1.54, 1.807) is 29.5 Å². The van der Waals surface area contributed by atoms with E-state index in [2.05, 4.69) is 0 Å². The van der Waals surface area contributed by atoms with Gasteiger partial charge in [-0.25, -0.2) is 4.39 Å². The number of rotatable bonds is 4. The van der Waals surface area contributed by atoms with Gasteiger partial charge in [0, 0.05) is 21.9 Å². The molecule has 22 heavy (non-hydrogen) atoms. The summed E-state index contributed by atoms with van der Waals surface area (Å²) in [7, 11) is 0. The fraction of sp³-hybridized carbons (Fsp3) is 0.353. The van der Waals surface area contributed by atoms with Crippen molar-refractivity contribution in [3.63, 3.8) is 0 Å². The van der Waals surface area contributed by atoms with Crippen molar-refractivity contribution in [3.05, 3.63) is 57.5 Å². The average molecular weight is 319 g/mol. The molecule has 3 nitrogen and oxygen atoms in total. The van der Waals surface area contributed by atoms with Crippen molar-refractivity contribution < 1.29 is 14.3 Å². The highest BCUT2D eigenvalue weighted by molar-refractivity contribution is 7.12. The van der Waals surface area contributed by atoms with Crippen LogP contribution in [-0.4, -0.2) is 28.6 Å². The van der Waals surface area contributed by atoms with Crippen molar-refractivity contribution in [2.75, 3.05) is 6.54 Å². The molecular weight excluding hydrogens is 301 g/mol. The molecule has 0 spiro atoms. The summed E-state index contributed by atoms with van der Waals surface area (Å²) in [6.07, 6.45) is 1.44. The average Bonchev–Trinajstić information content (AvgIpc) is 3.11. The van der Waals surface area contributed by atoms with Crippen molar-refractivity contribution in [2.45, 2.75) is 31.8 Å². The SMILES string of the molecule is Cc1ccc(C(c2ccccc2F)N2CCCC2C(=O)O)s1. The highest BCUT2D eigenvalue weighted by Gasteiger charge is 2.38. The van der Waals surface area contributed by atoms with Crippen molar-refractivity contribution in [2.24, 2.45) is 0 Å². The lowest BCUT2D eigenvalue weighted by atomic mass is 10.0. The van der Waals surface area contributed by atoms with Crippen molar-refractivity contribution in [1.82, 2.24) is 4.90 Å². The van der Waals surface area contributed by atoms with Crippen LogP contribution in [0, 0.1) is 12.7 Å². The van der Waals surface area contributed by atoms with Crippen molar-refractivity contribution >= 4 is 17.3 Å². The Morgan fingerprint density at radius 3 is 2.77 bits per heavy atom. The van der Waals surface area contributed by atoms with Gasteiger partial charge in [-0.15, -0.1) is 11.3 Å². The maximum absolute atomic E-state index is 14.3. The van der Waals surface area contributed by atoms with Crippen LogP contribution < -0.4 is 0 Å². The fourth-order valence-electron chi connectivity index (χ4n) is 3.16. The molecule has 1 N–H and O–H groups in total. The molecule has 0 bridgehead atoms. The van der Waals surface area contributed by atoms with Crippen LogP contribution in [0.5, 0.6) is 0 Å². The molecule has 1 aliphatic rings. The van der Waals surface area contributed by atoms with Crippen molar-refractivity contribution in [1.29, 1.82) is 0 Å². The van der Waals surface area contributed by atoms with Crippen molar-refractivity contribution in [3.8, 4) is 0 Å². The lowest BCUT2D eigenvalue weighted by Gasteiger charge is -2.31. The molecule has 0 radical (unpaired) electrons. The van der Waals surface area contributed by atoms with Gasteiger partial charge in [0.25, 0.3) is 0 Å². The number of hydrogen-bond acceptors (Lipinski definition) is 3. The van der Waals surface area contributed by atoms with E-state index in [0.717, 1.165) is 16.2 Å². The zero-order valence-electron chi connectivity index (χ0n) is 12.3. The molecule has 2 atom stereocenters. The Hall–Kier alpha value is -1.72. The standard InChI is InChI=1S/C17H18FNO2S/c1-11-8-9-15(22-11)16(12-5-2-3-6-13(12)18)19-10-4-7-14(19)17(20)21/h2-3,5-6,8-9,14,16H,4,7,10H2,1H3,(H,20,21). The molecule has 1 aromatic carbocycles. The van der Waals surface area contributed by atoms with E-state index >= 15 is 0 Å². The molecule has 0 amide bonds. The number of aliphatic carboxylic acids is 1.